The zero-order valence-electron chi connectivity index (χ0n) is 13.6. The lowest BCUT2D eigenvalue weighted by Crippen LogP contribution is -2.54. The fraction of sp³-hybridized carbons (Fsp3) is 0.556. The number of hydrogen-bond donors (Lipinski definition) is 0. The number of benzene rings is 1. The van der Waals surface area contributed by atoms with Crippen molar-refractivity contribution in [2.24, 2.45) is 0 Å². The van der Waals surface area contributed by atoms with Crippen LogP contribution in [0.5, 0.6) is 0 Å². The third-order valence-corrected chi connectivity index (χ3v) is 6.34. The van der Waals surface area contributed by atoms with Crippen molar-refractivity contribution in [2.45, 2.75) is 35.5 Å². The Bertz CT molecular complexity index is 612. The van der Waals surface area contributed by atoms with E-state index < -0.39 is 0 Å². The second-order valence-corrected chi connectivity index (χ2v) is 7.82. The Kier molecular flexibility index (Phi) is 4.50. The largest absolute Gasteiger partial charge is 0.368 e. The molecule has 0 radical (unpaired) electrons. The number of piperazine rings is 1. The van der Waals surface area contributed by atoms with Crippen molar-refractivity contribution in [3.05, 3.63) is 29.8 Å². The van der Waals surface area contributed by atoms with E-state index in [2.05, 4.69) is 12.1 Å². The molecule has 0 aliphatic carbocycles. The monoisotopic (exact) mass is 346 g/mol. The van der Waals surface area contributed by atoms with Crippen molar-refractivity contribution in [1.82, 2.24) is 9.80 Å². The van der Waals surface area contributed by atoms with Gasteiger partial charge in [-0.05, 0) is 30.9 Å². The average Bonchev–Trinajstić information content (AvgIpc) is 3.30. The number of nitrogens with zero attached hydrogens (tertiary/aromatic N) is 2. The minimum Gasteiger partial charge on any atom is -0.368 e. The summed E-state index contributed by atoms with van der Waals surface area (Å²) < 4.78 is 5.48. The van der Waals surface area contributed by atoms with Crippen LogP contribution in [-0.4, -0.2) is 65.8 Å². The highest BCUT2D eigenvalue weighted by Crippen LogP contribution is 2.37. The molecule has 3 aliphatic heterocycles. The van der Waals surface area contributed by atoms with Crippen LogP contribution in [0.4, 0.5) is 0 Å². The molecule has 4 rings (SSSR count). The zero-order valence-corrected chi connectivity index (χ0v) is 14.5. The molecule has 0 spiro atoms. The fourth-order valence-corrected chi connectivity index (χ4v) is 4.93. The molecule has 5 nitrogen and oxygen atoms in total. The molecule has 0 bridgehead atoms. The van der Waals surface area contributed by atoms with Crippen LogP contribution in [-0.2, 0) is 20.7 Å². The molecule has 0 aromatic heterocycles. The number of ether oxygens (including phenoxy) is 1. The first-order valence-corrected chi connectivity index (χ1v) is 9.54. The van der Waals surface area contributed by atoms with Gasteiger partial charge in [0.05, 0.1) is 5.25 Å². The number of fused-ring (bicyclic) bond motifs is 1. The van der Waals surface area contributed by atoms with E-state index in [-0.39, 0.29) is 23.2 Å². The Balaban J connectivity index is 1.31. The van der Waals surface area contributed by atoms with E-state index in [1.165, 1.54) is 10.5 Å². The van der Waals surface area contributed by atoms with E-state index in [1.807, 2.05) is 21.9 Å². The molecule has 1 aromatic rings. The molecule has 1 aromatic carbocycles. The first-order chi connectivity index (χ1) is 11.7. The van der Waals surface area contributed by atoms with Gasteiger partial charge in [0.15, 0.2) is 0 Å². The van der Waals surface area contributed by atoms with Crippen LogP contribution in [0, 0.1) is 0 Å². The third-order valence-electron chi connectivity index (χ3n) is 5.03. The summed E-state index contributed by atoms with van der Waals surface area (Å²) in [5.41, 5.74) is 1.27. The van der Waals surface area contributed by atoms with Crippen LogP contribution in [0.15, 0.2) is 29.2 Å². The molecule has 2 atom stereocenters. The molecule has 0 saturated carbocycles. The van der Waals surface area contributed by atoms with Gasteiger partial charge in [0, 0.05) is 37.7 Å². The van der Waals surface area contributed by atoms with Crippen molar-refractivity contribution in [1.29, 1.82) is 0 Å². The third kappa shape index (κ3) is 3.05. The van der Waals surface area contributed by atoms with E-state index in [0.29, 0.717) is 32.8 Å². The van der Waals surface area contributed by atoms with Crippen molar-refractivity contribution in [2.75, 3.05) is 32.8 Å². The van der Waals surface area contributed by atoms with Crippen LogP contribution in [0.3, 0.4) is 0 Å². The first-order valence-electron chi connectivity index (χ1n) is 8.66. The number of carbonyl (C=O) groups excluding carboxylic acids is 2. The Morgan fingerprint density at radius 3 is 2.42 bits per heavy atom. The van der Waals surface area contributed by atoms with Gasteiger partial charge in [-0.25, -0.2) is 0 Å². The maximum Gasteiger partial charge on any atom is 0.251 e. The molecule has 2 saturated heterocycles. The lowest BCUT2D eigenvalue weighted by Gasteiger charge is -2.36. The highest BCUT2D eigenvalue weighted by Gasteiger charge is 2.35. The van der Waals surface area contributed by atoms with Gasteiger partial charge in [-0.15, -0.1) is 11.8 Å². The minimum absolute atomic E-state index is 0.0113. The van der Waals surface area contributed by atoms with Gasteiger partial charge >= 0.3 is 0 Å². The topological polar surface area (TPSA) is 49.9 Å². The SMILES string of the molecule is O=C([C@@H]1CCCO1)N1CCN(C(=O)[C@H]2Cc3ccccc3S2)CC1. The summed E-state index contributed by atoms with van der Waals surface area (Å²) in [6, 6.07) is 8.25. The normalized spacial score (nSPS) is 26.5. The Hall–Kier alpha value is -1.53. The van der Waals surface area contributed by atoms with Crippen molar-refractivity contribution >= 4 is 23.6 Å². The van der Waals surface area contributed by atoms with Gasteiger partial charge in [0.2, 0.25) is 5.91 Å². The first kappa shape index (κ1) is 16.0. The van der Waals surface area contributed by atoms with Gasteiger partial charge in [0.1, 0.15) is 6.10 Å². The molecule has 128 valence electrons. The lowest BCUT2D eigenvalue weighted by molar-refractivity contribution is -0.145. The Morgan fingerprint density at radius 1 is 1.04 bits per heavy atom. The molecule has 3 aliphatic rings. The zero-order chi connectivity index (χ0) is 16.5. The van der Waals surface area contributed by atoms with E-state index in [0.717, 1.165) is 19.3 Å². The van der Waals surface area contributed by atoms with Crippen molar-refractivity contribution in [3.63, 3.8) is 0 Å². The van der Waals surface area contributed by atoms with Gasteiger partial charge in [0.25, 0.3) is 5.91 Å². The maximum atomic E-state index is 12.8. The van der Waals surface area contributed by atoms with Crippen LogP contribution >= 0.6 is 11.8 Å². The minimum atomic E-state index is -0.257. The summed E-state index contributed by atoms with van der Waals surface area (Å²) in [6.45, 7) is 3.19. The van der Waals surface area contributed by atoms with Crippen LogP contribution in [0.1, 0.15) is 18.4 Å². The summed E-state index contributed by atoms with van der Waals surface area (Å²) in [5.74, 6) is 0.308. The van der Waals surface area contributed by atoms with Gasteiger partial charge in [-0.2, -0.15) is 0 Å². The Labute approximate surface area is 146 Å². The lowest BCUT2D eigenvalue weighted by atomic mass is 10.1. The fourth-order valence-electron chi connectivity index (χ4n) is 3.65. The second-order valence-electron chi connectivity index (χ2n) is 6.57. The molecule has 2 fully saturated rings. The molecular formula is C18H22N2O3S. The number of rotatable bonds is 2. The highest BCUT2D eigenvalue weighted by atomic mass is 32.2. The number of carbonyl (C=O) groups is 2. The molecule has 24 heavy (non-hydrogen) atoms. The molecule has 0 unspecified atom stereocenters. The summed E-state index contributed by atoms with van der Waals surface area (Å²) >= 11 is 1.67. The second kappa shape index (κ2) is 6.76. The van der Waals surface area contributed by atoms with Gasteiger partial charge < -0.3 is 14.5 Å². The summed E-state index contributed by atoms with van der Waals surface area (Å²) in [5, 5.41) is -0.0113. The standard InChI is InChI=1S/C18H22N2O3S/c21-17(14-5-3-11-23-14)19-7-9-20(10-8-19)18(22)16-12-13-4-1-2-6-15(13)24-16/h1-2,4,6,14,16H,3,5,7-12H2/t14-,16+/m0/s1. The molecular weight excluding hydrogens is 324 g/mol. The summed E-state index contributed by atoms with van der Waals surface area (Å²) in [4.78, 5) is 30.2. The van der Waals surface area contributed by atoms with E-state index in [1.54, 1.807) is 11.8 Å². The maximum absolute atomic E-state index is 12.8. The number of thioether (sulfide) groups is 1. The van der Waals surface area contributed by atoms with Crippen LogP contribution in [0.25, 0.3) is 0 Å². The highest BCUT2D eigenvalue weighted by molar-refractivity contribution is 8.01. The van der Waals surface area contributed by atoms with Crippen molar-refractivity contribution in [3.8, 4) is 0 Å². The quantitative estimate of drug-likeness (QED) is 0.815. The molecule has 6 heteroatoms. The smallest absolute Gasteiger partial charge is 0.251 e. The van der Waals surface area contributed by atoms with E-state index in [4.69, 9.17) is 4.74 Å². The van der Waals surface area contributed by atoms with Crippen molar-refractivity contribution < 1.29 is 14.3 Å². The van der Waals surface area contributed by atoms with E-state index in [9.17, 15) is 9.59 Å². The van der Waals surface area contributed by atoms with Crippen LogP contribution < -0.4 is 0 Å². The summed E-state index contributed by atoms with van der Waals surface area (Å²) in [6.07, 6.45) is 2.35. The average molecular weight is 346 g/mol. The molecule has 3 heterocycles. The summed E-state index contributed by atoms with van der Waals surface area (Å²) in [7, 11) is 0. The van der Waals surface area contributed by atoms with Gasteiger partial charge in [-0.1, -0.05) is 18.2 Å². The Morgan fingerprint density at radius 2 is 1.75 bits per heavy atom. The predicted molar refractivity (Wildman–Crippen MR) is 91.9 cm³/mol. The number of amides is 2. The number of hydrogen-bond acceptors (Lipinski definition) is 4. The predicted octanol–water partition coefficient (Wildman–Crippen LogP) is 1.55. The van der Waals surface area contributed by atoms with E-state index >= 15 is 0 Å². The molecule has 2 amide bonds. The molecule has 0 N–H and O–H groups in total. The van der Waals surface area contributed by atoms with Crippen LogP contribution in [0.2, 0.25) is 0 Å². The van der Waals surface area contributed by atoms with Gasteiger partial charge in [-0.3, -0.25) is 9.59 Å².